The van der Waals surface area contributed by atoms with E-state index in [2.05, 4.69) is 0 Å². The van der Waals surface area contributed by atoms with E-state index >= 15 is 0 Å². The first-order chi connectivity index (χ1) is 9.06. The molecule has 1 unspecified atom stereocenters. The van der Waals surface area contributed by atoms with Gasteiger partial charge in [-0.25, -0.2) is 0 Å². The van der Waals surface area contributed by atoms with E-state index in [1.807, 2.05) is 24.3 Å². The molecule has 0 saturated heterocycles. The smallest absolute Gasteiger partial charge is 0.269 e. The van der Waals surface area contributed by atoms with Crippen LogP contribution < -0.4 is 0 Å². The van der Waals surface area contributed by atoms with E-state index in [4.69, 9.17) is 0 Å². The summed E-state index contributed by atoms with van der Waals surface area (Å²) in [6.45, 7) is 1.72. The molecule has 0 aliphatic heterocycles. The first-order valence-corrected chi connectivity index (χ1v) is 6.58. The number of hydrogen-bond acceptors (Lipinski definition) is 4. The zero-order chi connectivity index (χ0) is 13.8. The molecule has 0 aliphatic rings. The van der Waals surface area contributed by atoms with Crippen molar-refractivity contribution < 1.29 is 10.0 Å². The van der Waals surface area contributed by atoms with Crippen molar-refractivity contribution in [2.75, 3.05) is 0 Å². The molecule has 0 heterocycles. The van der Waals surface area contributed by atoms with Crippen LogP contribution in [0.25, 0.3) is 0 Å². The number of aliphatic hydroxyl groups excluding tert-OH is 1. The molecule has 2 rings (SSSR count). The Balaban J connectivity index is 2.10. The number of nitro groups is 1. The third-order valence-corrected chi connectivity index (χ3v) is 3.66. The largest absolute Gasteiger partial charge is 0.389 e. The van der Waals surface area contributed by atoms with Gasteiger partial charge in [0.15, 0.2) is 0 Å². The molecule has 0 spiro atoms. The second-order valence-corrected chi connectivity index (χ2v) is 5.25. The second kappa shape index (κ2) is 5.86. The number of hydrogen-bond donors (Lipinski definition) is 1. The molecule has 0 aliphatic carbocycles. The number of nitro benzene ring substituents is 1. The van der Waals surface area contributed by atoms with Crippen LogP contribution in [-0.4, -0.2) is 10.0 Å². The number of non-ortho nitro benzene ring substituents is 1. The highest BCUT2D eigenvalue weighted by Gasteiger charge is 2.05. The number of benzene rings is 2. The fourth-order valence-electron chi connectivity index (χ4n) is 1.59. The molecule has 0 radical (unpaired) electrons. The maximum absolute atomic E-state index is 10.5. The minimum Gasteiger partial charge on any atom is -0.389 e. The highest BCUT2D eigenvalue weighted by atomic mass is 32.2. The highest BCUT2D eigenvalue weighted by molar-refractivity contribution is 7.99. The van der Waals surface area contributed by atoms with Crippen molar-refractivity contribution in [1.82, 2.24) is 0 Å². The Morgan fingerprint density at radius 3 is 1.95 bits per heavy atom. The molecule has 2 aromatic carbocycles. The summed E-state index contributed by atoms with van der Waals surface area (Å²) in [5.74, 6) is 0. The molecule has 2 aromatic rings. The van der Waals surface area contributed by atoms with Gasteiger partial charge in [0, 0.05) is 21.9 Å². The number of nitrogens with zero attached hydrogens (tertiary/aromatic N) is 1. The van der Waals surface area contributed by atoms with Crippen LogP contribution in [-0.2, 0) is 0 Å². The van der Waals surface area contributed by atoms with Crippen molar-refractivity contribution in [3.05, 3.63) is 64.2 Å². The predicted molar refractivity (Wildman–Crippen MR) is 74.3 cm³/mol. The van der Waals surface area contributed by atoms with Crippen molar-refractivity contribution in [2.45, 2.75) is 22.8 Å². The lowest BCUT2D eigenvalue weighted by molar-refractivity contribution is -0.384. The summed E-state index contributed by atoms with van der Waals surface area (Å²) in [4.78, 5) is 12.1. The van der Waals surface area contributed by atoms with Gasteiger partial charge in [-0.1, -0.05) is 23.9 Å². The van der Waals surface area contributed by atoms with Gasteiger partial charge in [0.1, 0.15) is 0 Å². The Hall–Kier alpha value is -1.85. The summed E-state index contributed by atoms with van der Waals surface area (Å²) in [6.07, 6.45) is -0.474. The second-order valence-electron chi connectivity index (χ2n) is 4.10. The molecule has 0 amide bonds. The van der Waals surface area contributed by atoms with Crippen molar-refractivity contribution in [3.8, 4) is 0 Å². The zero-order valence-corrected chi connectivity index (χ0v) is 11.1. The maximum atomic E-state index is 10.5. The third-order valence-electron chi connectivity index (χ3n) is 2.65. The molecule has 0 fully saturated rings. The molecular weight excluding hydrogens is 262 g/mol. The summed E-state index contributed by atoms with van der Waals surface area (Å²) in [5, 5.41) is 20.0. The van der Waals surface area contributed by atoms with Crippen LogP contribution in [0.2, 0.25) is 0 Å². The Bertz CT molecular complexity index is 564. The van der Waals surface area contributed by atoms with E-state index in [0.29, 0.717) is 0 Å². The lowest BCUT2D eigenvalue weighted by atomic mass is 10.1. The van der Waals surface area contributed by atoms with Gasteiger partial charge in [-0.2, -0.15) is 0 Å². The highest BCUT2D eigenvalue weighted by Crippen LogP contribution is 2.29. The molecule has 0 bridgehead atoms. The van der Waals surface area contributed by atoms with Crippen molar-refractivity contribution in [1.29, 1.82) is 0 Å². The standard InChI is InChI=1S/C14H13NO3S/c1-10(16)11-2-6-13(7-3-11)19-14-8-4-12(5-9-14)15(17)18/h2-10,16H,1H3. The third kappa shape index (κ3) is 3.56. The van der Waals surface area contributed by atoms with E-state index in [9.17, 15) is 15.2 Å². The average molecular weight is 275 g/mol. The van der Waals surface area contributed by atoms with Crippen LogP contribution in [0.4, 0.5) is 5.69 Å². The molecule has 1 N–H and O–H groups in total. The van der Waals surface area contributed by atoms with Gasteiger partial charge in [-0.3, -0.25) is 10.1 Å². The van der Waals surface area contributed by atoms with Gasteiger partial charge in [0.2, 0.25) is 0 Å². The van der Waals surface area contributed by atoms with Gasteiger partial charge < -0.3 is 5.11 Å². The fraction of sp³-hybridized carbons (Fsp3) is 0.143. The van der Waals surface area contributed by atoms with E-state index < -0.39 is 11.0 Å². The Morgan fingerprint density at radius 1 is 1.05 bits per heavy atom. The fourth-order valence-corrected chi connectivity index (χ4v) is 2.40. The summed E-state index contributed by atoms with van der Waals surface area (Å²) >= 11 is 1.52. The zero-order valence-electron chi connectivity index (χ0n) is 10.3. The van der Waals surface area contributed by atoms with Crippen LogP contribution >= 0.6 is 11.8 Å². The molecule has 1 atom stereocenters. The van der Waals surface area contributed by atoms with Gasteiger partial charge in [-0.15, -0.1) is 0 Å². The monoisotopic (exact) mass is 275 g/mol. The van der Waals surface area contributed by atoms with Gasteiger partial charge >= 0.3 is 0 Å². The minimum atomic E-state index is -0.474. The lowest BCUT2D eigenvalue weighted by Crippen LogP contribution is -1.89. The molecule has 4 nitrogen and oxygen atoms in total. The Labute approximate surface area is 115 Å². The predicted octanol–water partition coefficient (Wildman–Crippen LogP) is 3.80. The van der Waals surface area contributed by atoms with Gasteiger partial charge in [0.25, 0.3) is 5.69 Å². The van der Waals surface area contributed by atoms with E-state index in [0.717, 1.165) is 15.4 Å². The number of rotatable bonds is 4. The first-order valence-electron chi connectivity index (χ1n) is 5.76. The average Bonchev–Trinajstić information content (AvgIpc) is 2.40. The van der Waals surface area contributed by atoms with Crippen LogP contribution in [0, 0.1) is 10.1 Å². The maximum Gasteiger partial charge on any atom is 0.269 e. The molecule has 98 valence electrons. The summed E-state index contributed by atoms with van der Waals surface area (Å²) < 4.78 is 0. The molecule has 0 aromatic heterocycles. The van der Waals surface area contributed by atoms with E-state index in [-0.39, 0.29) is 5.69 Å². The summed E-state index contributed by atoms with van der Waals surface area (Å²) in [7, 11) is 0. The molecule has 19 heavy (non-hydrogen) atoms. The normalized spacial score (nSPS) is 12.1. The molecule has 5 heteroatoms. The van der Waals surface area contributed by atoms with Crippen LogP contribution in [0.15, 0.2) is 58.3 Å². The number of aliphatic hydroxyl groups is 1. The molecule has 0 saturated carbocycles. The van der Waals surface area contributed by atoms with Crippen molar-refractivity contribution in [2.24, 2.45) is 0 Å². The summed E-state index contributed by atoms with van der Waals surface area (Å²) in [6, 6.07) is 14.0. The SMILES string of the molecule is CC(O)c1ccc(Sc2ccc([N+](=O)[O-])cc2)cc1. The topological polar surface area (TPSA) is 63.4 Å². The molecular formula is C14H13NO3S. The van der Waals surface area contributed by atoms with Crippen LogP contribution in [0.3, 0.4) is 0 Å². The Morgan fingerprint density at radius 2 is 1.53 bits per heavy atom. The van der Waals surface area contributed by atoms with Crippen LogP contribution in [0.1, 0.15) is 18.6 Å². The summed E-state index contributed by atoms with van der Waals surface area (Å²) in [5.41, 5.74) is 0.960. The van der Waals surface area contributed by atoms with E-state index in [1.165, 1.54) is 23.9 Å². The van der Waals surface area contributed by atoms with Gasteiger partial charge in [-0.05, 0) is 36.8 Å². The minimum absolute atomic E-state index is 0.0915. The van der Waals surface area contributed by atoms with Crippen molar-refractivity contribution >= 4 is 17.4 Å². The Kier molecular flexibility index (Phi) is 4.19. The van der Waals surface area contributed by atoms with Crippen molar-refractivity contribution in [3.63, 3.8) is 0 Å². The lowest BCUT2D eigenvalue weighted by Gasteiger charge is -2.06. The first kappa shape index (κ1) is 13.6. The van der Waals surface area contributed by atoms with Crippen LogP contribution in [0.5, 0.6) is 0 Å². The van der Waals surface area contributed by atoms with Gasteiger partial charge in [0.05, 0.1) is 11.0 Å². The quantitative estimate of drug-likeness (QED) is 0.681. The van der Waals surface area contributed by atoms with E-state index in [1.54, 1.807) is 19.1 Å².